The van der Waals surface area contributed by atoms with Gasteiger partial charge in [-0.25, -0.2) is 0 Å². The fraction of sp³-hybridized carbons (Fsp3) is 0.467. The molecule has 1 rings (SSSR count). The van der Waals surface area contributed by atoms with Crippen molar-refractivity contribution in [2.75, 3.05) is 0 Å². The lowest BCUT2D eigenvalue weighted by molar-refractivity contribution is 0.247. The summed E-state index contributed by atoms with van der Waals surface area (Å²) in [6, 6.07) is 13.5. The molecular formula is C15H22OSi. The maximum Gasteiger partial charge on any atom is 0.194 e. The highest BCUT2D eigenvalue weighted by Gasteiger charge is 2.31. The normalized spacial score (nSPS) is 13.1. The molecule has 0 heterocycles. The third-order valence-electron chi connectivity index (χ3n) is 3.55. The standard InChI is InChI=1S/C15H22OSi/c1-5-15(14-12-10-9-11-13-14)16-17(6-2,7-3)8-4/h1,9-13,15H,6-8H2,2-4H3/t15-/m1/s1. The highest BCUT2D eigenvalue weighted by Crippen LogP contribution is 2.29. The van der Waals surface area contributed by atoms with Crippen molar-refractivity contribution in [2.45, 2.75) is 45.0 Å². The molecule has 0 amide bonds. The van der Waals surface area contributed by atoms with Crippen molar-refractivity contribution in [3.8, 4) is 12.3 Å². The van der Waals surface area contributed by atoms with Crippen molar-refractivity contribution in [3.05, 3.63) is 35.9 Å². The van der Waals surface area contributed by atoms with Crippen molar-refractivity contribution in [1.29, 1.82) is 0 Å². The Kier molecular flexibility index (Phi) is 5.47. The van der Waals surface area contributed by atoms with Crippen LogP contribution in [-0.4, -0.2) is 8.32 Å². The number of terminal acetylenes is 1. The van der Waals surface area contributed by atoms with Gasteiger partial charge in [0.05, 0.1) is 0 Å². The van der Waals surface area contributed by atoms with E-state index in [2.05, 4.69) is 26.7 Å². The summed E-state index contributed by atoms with van der Waals surface area (Å²) in [5.74, 6) is 2.79. The van der Waals surface area contributed by atoms with Gasteiger partial charge < -0.3 is 4.43 Å². The number of rotatable bonds is 6. The number of benzene rings is 1. The third kappa shape index (κ3) is 3.46. The van der Waals surface area contributed by atoms with Crippen LogP contribution in [-0.2, 0) is 4.43 Å². The highest BCUT2D eigenvalue weighted by atomic mass is 28.4. The van der Waals surface area contributed by atoms with E-state index in [1.54, 1.807) is 0 Å². The number of hydrogen-bond acceptors (Lipinski definition) is 1. The smallest absolute Gasteiger partial charge is 0.194 e. The van der Waals surface area contributed by atoms with E-state index >= 15 is 0 Å². The van der Waals surface area contributed by atoms with Crippen LogP contribution in [0.15, 0.2) is 30.3 Å². The topological polar surface area (TPSA) is 9.23 Å². The molecule has 17 heavy (non-hydrogen) atoms. The summed E-state index contributed by atoms with van der Waals surface area (Å²) < 4.78 is 6.32. The van der Waals surface area contributed by atoms with Crippen LogP contribution in [0.1, 0.15) is 32.4 Å². The molecule has 0 aliphatic rings. The summed E-state index contributed by atoms with van der Waals surface area (Å²) in [5.41, 5.74) is 1.10. The maximum atomic E-state index is 6.32. The molecule has 0 unspecified atom stereocenters. The van der Waals surface area contributed by atoms with Gasteiger partial charge in [0.2, 0.25) is 0 Å². The highest BCUT2D eigenvalue weighted by molar-refractivity contribution is 6.73. The van der Waals surface area contributed by atoms with Crippen LogP contribution in [0.2, 0.25) is 18.1 Å². The minimum atomic E-state index is -1.63. The predicted octanol–water partition coefficient (Wildman–Crippen LogP) is 4.38. The van der Waals surface area contributed by atoms with Gasteiger partial charge in [-0.1, -0.05) is 57.0 Å². The van der Waals surface area contributed by atoms with Crippen molar-refractivity contribution >= 4 is 8.32 Å². The van der Waals surface area contributed by atoms with Gasteiger partial charge in [0.15, 0.2) is 8.32 Å². The first-order valence-corrected chi connectivity index (χ1v) is 8.93. The fourth-order valence-electron chi connectivity index (χ4n) is 2.08. The van der Waals surface area contributed by atoms with Crippen molar-refractivity contribution in [1.82, 2.24) is 0 Å². The molecule has 92 valence electrons. The first-order chi connectivity index (χ1) is 8.21. The molecule has 0 aliphatic carbocycles. The second-order valence-electron chi connectivity index (χ2n) is 4.32. The molecule has 0 N–H and O–H groups in total. The molecule has 0 spiro atoms. The molecule has 1 nitrogen and oxygen atoms in total. The van der Waals surface area contributed by atoms with Crippen molar-refractivity contribution in [2.24, 2.45) is 0 Å². The minimum Gasteiger partial charge on any atom is -0.399 e. The third-order valence-corrected chi connectivity index (χ3v) is 8.16. The maximum absolute atomic E-state index is 6.32. The SMILES string of the molecule is C#C[C@@H](O[Si](CC)(CC)CC)c1ccccc1. The Bertz CT molecular complexity index is 354. The first kappa shape index (κ1) is 14.0. The molecule has 0 saturated heterocycles. The molecule has 0 radical (unpaired) electrons. The second-order valence-corrected chi connectivity index (χ2v) is 9.04. The number of hydrogen-bond donors (Lipinski definition) is 0. The van der Waals surface area contributed by atoms with Crippen molar-refractivity contribution in [3.63, 3.8) is 0 Å². The van der Waals surface area contributed by atoms with Crippen LogP contribution in [0.5, 0.6) is 0 Å². The molecule has 1 aromatic carbocycles. The van der Waals surface area contributed by atoms with Crippen LogP contribution in [0.4, 0.5) is 0 Å². The van der Waals surface area contributed by atoms with Gasteiger partial charge >= 0.3 is 0 Å². The summed E-state index contributed by atoms with van der Waals surface area (Å²) in [4.78, 5) is 0. The van der Waals surface area contributed by atoms with E-state index in [1.807, 2.05) is 30.3 Å². The average molecular weight is 246 g/mol. The van der Waals surface area contributed by atoms with E-state index in [1.165, 1.54) is 0 Å². The second kappa shape index (κ2) is 6.63. The Labute approximate surface area is 106 Å². The molecule has 2 heteroatoms. The lowest BCUT2D eigenvalue weighted by atomic mass is 10.1. The summed E-state index contributed by atoms with van der Waals surface area (Å²) in [6.45, 7) is 6.66. The van der Waals surface area contributed by atoms with Gasteiger partial charge in [-0.2, -0.15) is 0 Å². The Morgan fingerprint density at radius 2 is 1.65 bits per heavy atom. The van der Waals surface area contributed by atoms with Gasteiger partial charge in [0.1, 0.15) is 6.10 Å². The van der Waals surface area contributed by atoms with Crippen LogP contribution in [0.25, 0.3) is 0 Å². The zero-order chi connectivity index (χ0) is 12.7. The van der Waals surface area contributed by atoms with Gasteiger partial charge in [0.25, 0.3) is 0 Å². The molecular weight excluding hydrogens is 224 g/mol. The Morgan fingerprint density at radius 3 is 2.06 bits per heavy atom. The van der Waals surface area contributed by atoms with Crippen LogP contribution in [0, 0.1) is 12.3 Å². The van der Waals surface area contributed by atoms with E-state index in [9.17, 15) is 0 Å². The lowest BCUT2D eigenvalue weighted by Crippen LogP contribution is -2.37. The van der Waals surface area contributed by atoms with Gasteiger partial charge in [-0.3, -0.25) is 0 Å². The van der Waals surface area contributed by atoms with Gasteiger partial charge in [0, 0.05) is 0 Å². The van der Waals surface area contributed by atoms with E-state index in [0.717, 1.165) is 23.7 Å². The zero-order valence-corrected chi connectivity index (χ0v) is 12.1. The monoisotopic (exact) mass is 246 g/mol. The molecule has 0 bridgehead atoms. The van der Waals surface area contributed by atoms with E-state index in [0.29, 0.717) is 0 Å². The van der Waals surface area contributed by atoms with Crippen LogP contribution in [0.3, 0.4) is 0 Å². The Hall–Kier alpha value is -1.04. The summed E-state index contributed by atoms with van der Waals surface area (Å²) in [5, 5.41) is 0. The molecule has 1 atom stereocenters. The van der Waals surface area contributed by atoms with Gasteiger partial charge in [-0.05, 0) is 23.7 Å². The zero-order valence-electron chi connectivity index (χ0n) is 11.1. The van der Waals surface area contributed by atoms with Crippen LogP contribution < -0.4 is 0 Å². The van der Waals surface area contributed by atoms with E-state index in [-0.39, 0.29) is 6.10 Å². The molecule has 0 aromatic heterocycles. The predicted molar refractivity (Wildman–Crippen MR) is 76.3 cm³/mol. The molecule has 0 fully saturated rings. The summed E-state index contributed by atoms with van der Waals surface area (Å²) >= 11 is 0. The van der Waals surface area contributed by atoms with Crippen molar-refractivity contribution < 1.29 is 4.43 Å². The fourth-order valence-corrected chi connectivity index (χ4v) is 4.78. The lowest BCUT2D eigenvalue weighted by Gasteiger charge is -2.31. The molecule has 0 aliphatic heterocycles. The Morgan fingerprint density at radius 1 is 1.12 bits per heavy atom. The molecule has 1 aromatic rings. The largest absolute Gasteiger partial charge is 0.399 e. The summed E-state index contributed by atoms with van der Waals surface area (Å²) in [6.07, 6.45) is 5.45. The summed E-state index contributed by atoms with van der Waals surface area (Å²) in [7, 11) is -1.63. The minimum absolute atomic E-state index is 0.178. The molecule has 0 saturated carbocycles. The van der Waals surface area contributed by atoms with E-state index in [4.69, 9.17) is 10.8 Å². The Balaban J connectivity index is 2.87. The average Bonchev–Trinajstić information content (AvgIpc) is 2.42. The van der Waals surface area contributed by atoms with E-state index < -0.39 is 8.32 Å². The van der Waals surface area contributed by atoms with Gasteiger partial charge in [-0.15, -0.1) is 6.42 Å². The first-order valence-electron chi connectivity index (χ1n) is 6.40. The quantitative estimate of drug-likeness (QED) is 0.534. The van der Waals surface area contributed by atoms with Crippen LogP contribution >= 0.6 is 0 Å².